The molecule has 0 aliphatic carbocycles. The largest absolute Gasteiger partial charge is 0.319 e. The monoisotopic (exact) mass is 249 g/mol. The second-order valence-electron chi connectivity index (χ2n) is 4.02. The second kappa shape index (κ2) is 5.49. The van der Waals surface area contributed by atoms with Crippen LogP contribution in [0.2, 0.25) is 0 Å². The zero-order chi connectivity index (χ0) is 13.1. The molecule has 5 heteroatoms. The normalized spacial score (nSPS) is 14.1. The summed E-state index contributed by atoms with van der Waals surface area (Å²) in [5, 5.41) is 2.43. The summed E-state index contributed by atoms with van der Waals surface area (Å²) >= 11 is 0. The molecule has 0 fully saturated rings. The molecule has 1 aromatic carbocycles. The van der Waals surface area contributed by atoms with Crippen LogP contribution in [-0.4, -0.2) is 18.9 Å². The van der Waals surface area contributed by atoms with E-state index in [4.69, 9.17) is 0 Å². The fraction of sp³-hybridized carbons (Fsp3) is 0.500. The minimum atomic E-state index is -3.99. The molecule has 1 rings (SSSR count). The maximum atomic E-state index is 12.7. The number of alkyl halides is 4. The van der Waals surface area contributed by atoms with E-state index >= 15 is 0 Å². The fourth-order valence-corrected chi connectivity index (χ4v) is 1.55. The molecule has 1 N–H and O–H groups in total. The summed E-state index contributed by atoms with van der Waals surface area (Å²) in [6, 6.07) is 6.86. The van der Waals surface area contributed by atoms with E-state index in [9.17, 15) is 17.6 Å². The Bertz CT molecular complexity index is 365. The average Bonchev–Trinajstić information content (AvgIpc) is 2.26. The van der Waals surface area contributed by atoms with Crippen LogP contribution < -0.4 is 5.32 Å². The third-order valence-corrected chi connectivity index (χ3v) is 2.62. The van der Waals surface area contributed by atoms with Gasteiger partial charge in [-0.3, -0.25) is 0 Å². The molecule has 0 bridgehead atoms. The van der Waals surface area contributed by atoms with Gasteiger partial charge in [0.25, 0.3) is 0 Å². The van der Waals surface area contributed by atoms with E-state index in [0.29, 0.717) is 0 Å². The smallest absolute Gasteiger partial charge is 0.304 e. The number of benzene rings is 1. The Morgan fingerprint density at radius 3 is 2.35 bits per heavy atom. The summed E-state index contributed by atoms with van der Waals surface area (Å²) in [6.45, 7) is 2.49. The first-order valence-electron chi connectivity index (χ1n) is 5.29. The molecule has 96 valence electrons. The van der Waals surface area contributed by atoms with E-state index in [2.05, 4.69) is 5.32 Å². The fourth-order valence-electron chi connectivity index (χ4n) is 1.55. The van der Waals surface area contributed by atoms with E-state index in [-0.39, 0.29) is 6.04 Å². The summed E-state index contributed by atoms with van der Waals surface area (Å²) in [7, 11) is 0. The van der Waals surface area contributed by atoms with Gasteiger partial charge < -0.3 is 5.32 Å². The molecule has 1 nitrogen and oxygen atoms in total. The van der Waals surface area contributed by atoms with Gasteiger partial charge in [0.15, 0.2) is 0 Å². The quantitative estimate of drug-likeness (QED) is 0.787. The number of nitrogens with one attached hydrogen (secondary N) is 1. The Morgan fingerprint density at radius 2 is 1.82 bits per heavy atom. The van der Waals surface area contributed by atoms with Crippen LogP contribution in [0.1, 0.15) is 24.1 Å². The maximum Gasteiger partial charge on any atom is 0.319 e. The molecule has 0 saturated heterocycles. The van der Waals surface area contributed by atoms with Crippen LogP contribution in [0.15, 0.2) is 24.3 Å². The van der Waals surface area contributed by atoms with Gasteiger partial charge in [-0.2, -0.15) is 8.78 Å². The van der Waals surface area contributed by atoms with Crippen molar-refractivity contribution in [3.8, 4) is 0 Å². The first kappa shape index (κ1) is 14.0. The van der Waals surface area contributed by atoms with Crippen molar-refractivity contribution in [3.05, 3.63) is 35.4 Å². The van der Waals surface area contributed by atoms with E-state index < -0.39 is 18.9 Å². The summed E-state index contributed by atoms with van der Waals surface area (Å²) in [4.78, 5) is 0. The zero-order valence-electron chi connectivity index (χ0n) is 9.68. The first-order valence-corrected chi connectivity index (χ1v) is 5.29. The van der Waals surface area contributed by atoms with Crippen LogP contribution in [-0.2, 0) is 0 Å². The summed E-state index contributed by atoms with van der Waals surface area (Å²) < 4.78 is 49.3. The molecular weight excluding hydrogens is 234 g/mol. The molecule has 0 aliphatic heterocycles. The molecule has 0 saturated carbocycles. The molecule has 0 spiro atoms. The van der Waals surface area contributed by atoms with Gasteiger partial charge in [0, 0.05) is 6.04 Å². The lowest BCUT2D eigenvalue weighted by atomic mass is 10.0. The van der Waals surface area contributed by atoms with Crippen LogP contribution in [0.4, 0.5) is 17.6 Å². The zero-order valence-corrected chi connectivity index (χ0v) is 9.68. The highest BCUT2D eigenvalue weighted by Crippen LogP contribution is 2.23. The summed E-state index contributed by atoms with van der Waals surface area (Å²) in [5.74, 6) is -3.99. The Hall–Kier alpha value is -1.10. The van der Waals surface area contributed by atoms with Crippen molar-refractivity contribution in [3.63, 3.8) is 0 Å². The summed E-state index contributed by atoms with van der Waals surface area (Å²) in [6.07, 6.45) is -3.64. The molecule has 0 amide bonds. The number of hydrogen-bond acceptors (Lipinski definition) is 1. The number of hydrogen-bond donors (Lipinski definition) is 1. The van der Waals surface area contributed by atoms with E-state index in [0.717, 1.165) is 11.1 Å². The Balaban J connectivity index is 2.62. The minimum Gasteiger partial charge on any atom is -0.304 e. The topological polar surface area (TPSA) is 12.0 Å². The van der Waals surface area contributed by atoms with Gasteiger partial charge in [0.05, 0.1) is 6.54 Å². The Morgan fingerprint density at radius 1 is 1.24 bits per heavy atom. The first-order chi connectivity index (χ1) is 7.84. The predicted octanol–water partition coefficient (Wildman–Crippen LogP) is 3.55. The van der Waals surface area contributed by atoms with Crippen LogP contribution in [0.5, 0.6) is 0 Å². The molecule has 0 radical (unpaired) electrons. The Labute approximate surface area is 97.8 Å². The lowest BCUT2D eigenvalue weighted by Gasteiger charge is -2.21. The van der Waals surface area contributed by atoms with Crippen molar-refractivity contribution in [1.29, 1.82) is 0 Å². The second-order valence-corrected chi connectivity index (χ2v) is 4.02. The van der Waals surface area contributed by atoms with Gasteiger partial charge in [-0.1, -0.05) is 24.3 Å². The van der Waals surface area contributed by atoms with E-state index in [1.165, 1.54) is 0 Å². The van der Waals surface area contributed by atoms with Gasteiger partial charge in [-0.25, -0.2) is 8.78 Å². The SMILES string of the molecule is Cc1ccccc1C(C)NCC(F)(F)C(F)F. The highest BCUT2D eigenvalue weighted by molar-refractivity contribution is 5.28. The third kappa shape index (κ3) is 3.70. The van der Waals surface area contributed by atoms with Crippen LogP contribution in [0.25, 0.3) is 0 Å². The molecular formula is C12H15F4N. The van der Waals surface area contributed by atoms with Crippen LogP contribution >= 0.6 is 0 Å². The van der Waals surface area contributed by atoms with E-state index in [1.807, 2.05) is 19.1 Å². The highest BCUT2D eigenvalue weighted by atomic mass is 19.3. The standard InChI is InChI=1S/C12H15F4N/c1-8-5-3-4-6-10(8)9(2)17-7-12(15,16)11(13)14/h3-6,9,11,17H,7H2,1-2H3. The molecule has 1 aromatic rings. The average molecular weight is 249 g/mol. The third-order valence-electron chi connectivity index (χ3n) is 2.62. The number of halogens is 4. The van der Waals surface area contributed by atoms with Gasteiger partial charge in [-0.15, -0.1) is 0 Å². The van der Waals surface area contributed by atoms with Crippen molar-refractivity contribution >= 4 is 0 Å². The number of rotatable bonds is 5. The van der Waals surface area contributed by atoms with Crippen molar-refractivity contribution in [1.82, 2.24) is 5.32 Å². The molecule has 1 atom stereocenters. The lowest BCUT2D eigenvalue weighted by molar-refractivity contribution is -0.126. The molecule has 1 unspecified atom stereocenters. The molecule has 17 heavy (non-hydrogen) atoms. The van der Waals surface area contributed by atoms with Crippen LogP contribution in [0.3, 0.4) is 0 Å². The van der Waals surface area contributed by atoms with Crippen molar-refractivity contribution in [2.24, 2.45) is 0 Å². The predicted molar refractivity (Wildman–Crippen MR) is 58.5 cm³/mol. The van der Waals surface area contributed by atoms with Crippen molar-refractivity contribution in [2.75, 3.05) is 6.54 Å². The lowest BCUT2D eigenvalue weighted by Crippen LogP contribution is -2.39. The molecule has 0 aromatic heterocycles. The van der Waals surface area contributed by atoms with E-state index in [1.54, 1.807) is 19.1 Å². The molecule has 0 heterocycles. The van der Waals surface area contributed by atoms with Crippen LogP contribution in [0, 0.1) is 6.92 Å². The van der Waals surface area contributed by atoms with Gasteiger partial charge in [0.2, 0.25) is 0 Å². The Kier molecular flexibility index (Phi) is 4.51. The highest BCUT2D eigenvalue weighted by Gasteiger charge is 2.40. The van der Waals surface area contributed by atoms with Crippen molar-refractivity contribution in [2.45, 2.75) is 32.2 Å². The molecule has 0 aliphatic rings. The van der Waals surface area contributed by atoms with Gasteiger partial charge in [-0.05, 0) is 25.0 Å². The van der Waals surface area contributed by atoms with Gasteiger partial charge >= 0.3 is 12.3 Å². The minimum absolute atomic E-state index is 0.388. The van der Waals surface area contributed by atoms with Gasteiger partial charge in [0.1, 0.15) is 0 Å². The maximum absolute atomic E-state index is 12.7. The number of aryl methyl sites for hydroxylation is 1. The summed E-state index contributed by atoms with van der Waals surface area (Å²) in [5.41, 5.74) is 1.77. The van der Waals surface area contributed by atoms with Crippen molar-refractivity contribution < 1.29 is 17.6 Å².